The number of ether oxygens (including phenoxy) is 1. The van der Waals surface area contributed by atoms with Crippen molar-refractivity contribution in [3.05, 3.63) is 68.6 Å². The summed E-state index contributed by atoms with van der Waals surface area (Å²) < 4.78 is 5.84. The molecule has 1 heterocycles. The first-order valence-electron chi connectivity index (χ1n) is 8.07. The highest BCUT2D eigenvalue weighted by atomic mass is 35.5. The zero-order chi connectivity index (χ0) is 19.9. The average molecular weight is 436 g/mol. The highest BCUT2D eigenvalue weighted by molar-refractivity contribution is 7.15. The van der Waals surface area contributed by atoms with E-state index in [0.717, 1.165) is 16.9 Å². The molecule has 3 rings (SSSR count). The predicted molar refractivity (Wildman–Crippen MR) is 111 cm³/mol. The molecule has 144 valence electrons. The number of nitrogen functional groups attached to an aromatic ring is 1. The molecule has 28 heavy (non-hydrogen) atoms. The van der Waals surface area contributed by atoms with E-state index in [4.69, 9.17) is 33.7 Å². The molecule has 1 amide bonds. The number of aromatic nitrogens is 2. The van der Waals surface area contributed by atoms with Crippen molar-refractivity contribution >= 4 is 51.8 Å². The van der Waals surface area contributed by atoms with Crippen LogP contribution in [0.4, 0.5) is 5.13 Å². The monoisotopic (exact) mass is 435 g/mol. The van der Waals surface area contributed by atoms with E-state index >= 15 is 0 Å². The van der Waals surface area contributed by atoms with Gasteiger partial charge in [0.05, 0.1) is 12.6 Å². The van der Waals surface area contributed by atoms with Gasteiger partial charge in [-0.1, -0.05) is 52.7 Å². The van der Waals surface area contributed by atoms with Crippen molar-refractivity contribution in [2.45, 2.75) is 13.0 Å². The number of para-hydroxylation sites is 1. The summed E-state index contributed by atoms with van der Waals surface area (Å²) in [5.74, 6) is 0.280. The number of hydrogen-bond acceptors (Lipinski definition) is 7. The van der Waals surface area contributed by atoms with Crippen LogP contribution in [-0.2, 0) is 17.8 Å². The van der Waals surface area contributed by atoms with Gasteiger partial charge in [-0.15, -0.1) is 10.2 Å². The summed E-state index contributed by atoms with van der Waals surface area (Å²) in [7, 11) is 0. The summed E-state index contributed by atoms with van der Waals surface area (Å²) in [5, 5.41) is 13.4. The number of carbonyl (C=O) groups excluding carboxylic acids is 1. The first-order valence-corrected chi connectivity index (χ1v) is 9.64. The Morgan fingerprint density at radius 2 is 2.07 bits per heavy atom. The number of nitrogens with zero attached hydrogens (tertiary/aromatic N) is 3. The molecule has 0 bridgehead atoms. The smallest absolute Gasteiger partial charge is 0.247 e. The van der Waals surface area contributed by atoms with Crippen molar-refractivity contribution in [3.63, 3.8) is 0 Å². The first kappa shape index (κ1) is 20.1. The number of anilines is 1. The van der Waals surface area contributed by atoms with Gasteiger partial charge < -0.3 is 10.5 Å². The number of benzene rings is 2. The number of nitrogens with two attached hydrogens (primary N) is 1. The van der Waals surface area contributed by atoms with Gasteiger partial charge in [0, 0.05) is 21.2 Å². The third-order valence-electron chi connectivity index (χ3n) is 3.50. The summed E-state index contributed by atoms with van der Waals surface area (Å²) in [5.41, 5.74) is 9.44. The fourth-order valence-corrected chi connectivity index (χ4v) is 3.27. The van der Waals surface area contributed by atoms with Gasteiger partial charge in [-0.2, -0.15) is 5.10 Å². The molecule has 0 saturated heterocycles. The lowest BCUT2D eigenvalue weighted by molar-refractivity contribution is -0.120. The summed E-state index contributed by atoms with van der Waals surface area (Å²) in [6.45, 7) is 0.270. The molecule has 2 aromatic carbocycles. The van der Waals surface area contributed by atoms with Crippen LogP contribution >= 0.6 is 34.5 Å². The molecule has 7 nitrogen and oxygen atoms in total. The lowest BCUT2D eigenvalue weighted by atomic mass is 10.2. The molecule has 0 atom stereocenters. The summed E-state index contributed by atoms with van der Waals surface area (Å²) in [6, 6.07) is 12.5. The molecule has 0 radical (unpaired) electrons. The van der Waals surface area contributed by atoms with Gasteiger partial charge in [0.25, 0.3) is 0 Å². The molecule has 0 unspecified atom stereocenters. The van der Waals surface area contributed by atoms with Crippen LogP contribution in [0, 0.1) is 0 Å². The Morgan fingerprint density at radius 1 is 1.25 bits per heavy atom. The molecule has 0 aliphatic rings. The lowest BCUT2D eigenvalue weighted by Crippen LogP contribution is -2.19. The average Bonchev–Trinajstić information content (AvgIpc) is 3.06. The summed E-state index contributed by atoms with van der Waals surface area (Å²) in [4.78, 5) is 11.9. The summed E-state index contributed by atoms with van der Waals surface area (Å²) in [6.07, 6.45) is 1.56. The Bertz CT molecular complexity index is 1010. The number of nitrogens with one attached hydrogen (secondary N) is 1. The molecule has 1 aromatic heterocycles. The van der Waals surface area contributed by atoms with Crippen molar-refractivity contribution in [2.24, 2.45) is 5.10 Å². The second-order valence-corrected chi connectivity index (χ2v) is 7.50. The van der Waals surface area contributed by atoms with Crippen LogP contribution in [0.3, 0.4) is 0 Å². The van der Waals surface area contributed by atoms with E-state index in [-0.39, 0.29) is 18.9 Å². The quantitative estimate of drug-likeness (QED) is 0.434. The second kappa shape index (κ2) is 9.50. The van der Waals surface area contributed by atoms with Gasteiger partial charge in [0.2, 0.25) is 11.0 Å². The second-order valence-electron chi connectivity index (χ2n) is 5.57. The third kappa shape index (κ3) is 5.66. The zero-order valence-corrected chi connectivity index (χ0v) is 16.8. The fraction of sp³-hybridized carbons (Fsp3) is 0.111. The maximum atomic E-state index is 11.9. The topological polar surface area (TPSA) is 102 Å². The number of hydrazone groups is 1. The van der Waals surface area contributed by atoms with E-state index in [1.54, 1.807) is 18.2 Å². The predicted octanol–water partition coefficient (Wildman–Crippen LogP) is 3.70. The molecule has 3 aromatic rings. The Morgan fingerprint density at radius 3 is 2.82 bits per heavy atom. The SMILES string of the molecule is Nc1nnc(CC(=O)NN=Cc2ccccc2OCc2ccc(Cl)cc2Cl)s1. The maximum Gasteiger partial charge on any atom is 0.247 e. The van der Waals surface area contributed by atoms with Crippen LogP contribution < -0.4 is 15.9 Å². The number of halogens is 2. The van der Waals surface area contributed by atoms with E-state index in [1.165, 1.54) is 6.21 Å². The number of amides is 1. The van der Waals surface area contributed by atoms with Gasteiger partial charge in [0.15, 0.2) is 0 Å². The van der Waals surface area contributed by atoms with E-state index in [9.17, 15) is 4.79 Å². The van der Waals surface area contributed by atoms with Crippen LogP contribution in [-0.4, -0.2) is 22.3 Å². The van der Waals surface area contributed by atoms with E-state index in [2.05, 4.69) is 20.7 Å². The lowest BCUT2D eigenvalue weighted by Gasteiger charge is -2.10. The van der Waals surface area contributed by atoms with Crippen molar-refractivity contribution in [3.8, 4) is 5.75 Å². The van der Waals surface area contributed by atoms with Crippen LogP contribution in [0.25, 0.3) is 0 Å². The number of hydrogen-bond donors (Lipinski definition) is 2. The Balaban J connectivity index is 1.60. The summed E-state index contributed by atoms with van der Waals surface area (Å²) >= 11 is 13.2. The maximum absolute atomic E-state index is 11.9. The largest absolute Gasteiger partial charge is 0.488 e. The van der Waals surface area contributed by atoms with Crippen LogP contribution in [0.2, 0.25) is 10.0 Å². The normalized spacial score (nSPS) is 10.9. The molecule has 0 saturated carbocycles. The standard InChI is InChI=1S/C18H15Cl2N5O2S/c19-13-6-5-12(14(20)7-13)10-27-15-4-2-1-3-11(15)9-22-23-16(26)8-17-24-25-18(21)28-17/h1-7,9H,8,10H2,(H2,21,25)(H,23,26). The molecule has 10 heteroatoms. The van der Waals surface area contributed by atoms with Crippen LogP contribution in [0.15, 0.2) is 47.6 Å². The van der Waals surface area contributed by atoms with Gasteiger partial charge in [-0.05, 0) is 24.3 Å². The van der Waals surface area contributed by atoms with Gasteiger partial charge in [-0.3, -0.25) is 4.79 Å². The Kier molecular flexibility index (Phi) is 6.80. The first-order chi connectivity index (χ1) is 13.5. The molecule has 0 aliphatic heterocycles. The molecule has 0 spiro atoms. The van der Waals surface area contributed by atoms with Gasteiger partial charge in [-0.25, -0.2) is 5.43 Å². The highest BCUT2D eigenvalue weighted by Gasteiger charge is 2.08. The minimum absolute atomic E-state index is 0.0550. The number of carbonyl (C=O) groups is 1. The molecule has 3 N–H and O–H groups in total. The van der Waals surface area contributed by atoms with E-state index < -0.39 is 0 Å². The van der Waals surface area contributed by atoms with Crippen molar-refractivity contribution < 1.29 is 9.53 Å². The molecular weight excluding hydrogens is 421 g/mol. The van der Waals surface area contributed by atoms with Crippen LogP contribution in [0.5, 0.6) is 5.75 Å². The molecule has 0 aliphatic carbocycles. The van der Waals surface area contributed by atoms with Crippen molar-refractivity contribution in [1.29, 1.82) is 0 Å². The number of rotatable bonds is 7. The van der Waals surface area contributed by atoms with Gasteiger partial charge >= 0.3 is 0 Å². The van der Waals surface area contributed by atoms with E-state index in [0.29, 0.717) is 31.5 Å². The molecule has 0 fully saturated rings. The fourth-order valence-electron chi connectivity index (χ4n) is 2.20. The minimum atomic E-state index is -0.321. The van der Waals surface area contributed by atoms with Crippen molar-refractivity contribution in [2.75, 3.05) is 5.73 Å². The Hall–Kier alpha value is -2.68. The third-order valence-corrected chi connectivity index (χ3v) is 4.84. The zero-order valence-electron chi connectivity index (χ0n) is 14.4. The Labute approximate surface area is 175 Å². The molecular formula is C18H15Cl2N5O2S. The van der Waals surface area contributed by atoms with E-state index in [1.807, 2.05) is 24.3 Å². The minimum Gasteiger partial charge on any atom is -0.488 e. The van der Waals surface area contributed by atoms with Crippen molar-refractivity contribution in [1.82, 2.24) is 15.6 Å². The van der Waals surface area contributed by atoms with Gasteiger partial charge in [0.1, 0.15) is 17.4 Å². The highest BCUT2D eigenvalue weighted by Crippen LogP contribution is 2.23. The van der Waals surface area contributed by atoms with Crippen LogP contribution in [0.1, 0.15) is 16.1 Å².